The van der Waals surface area contributed by atoms with Crippen LogP contribution in [0.4, 0.5) is 0 Å². The molecule has 1 N–H and O–H groups in total. The second-order valence-corrected chi connectivity index (χ2v) is 6.32. The van der Waals surface area contributed by atoms with Gasteiger partial charge in [-0.15, -0.1) is 0 Å². The van der Waals surface area contributed by atoms with Crippen molar-refractivity contribution in [2.45, 2.75) is 16.7 Å². The number of carboxylic acid groups (broad SMARTS) is 1. The Balaban J connectivity index is 2.28. The first kappa shape index (κ1) is 16.6. The molecule has 2 rings (SSSR count). The lowest BCUT2D eigenvalue weighted by Crippen LogP contribution is -2.06. The number of hydrogen-bond acceptors (Lipinski definition) is 4. The molecule has 0 radical (unpaired) electrons. The third kappa shape index (κ3) is 4.11. The van der Waals surface area contributed by atoms with E-state index < -0.39 is 5.97 Å². The minimum Gasteiger partial charge on any atom is -0.478 e. The quantitative estimate of drug-likeness (QED) is 0.774. The molecule has 0 aliphatic rings. The molecular weight excluding hydrogens is 368 g/mol. The van der Waals surface area contributed by atoms with Crippen LogP contribution in [0.15, 0.2) is 56.7 Å². The molecule has 0 saturated carbocycles. The summed E-state index contributed by atoms with van der Waals surface area (Å²) in [4.78, 5) is 24.5. The lowest BCUT2D eigenvalue weighted by Gasteiger charge is -2.09. The molecule has 114 valence electrons. The summed E-state index contributed by atoms with van der Waals surface area (Å²) in [6.07, 6.45) is 0. The lowest BCUT2D eigenvalue weighted by atomic mass is 10.2. The summed E-state index contributed by atoms with van der Waals surface area (Å²) in [7, 11) is 0. The van der Waals surface area contributed by atoms with Gasteiger partial charge >= 0.3 is 11.9 Å². The second-order valence-electron chi connectivity index (χ2n) is 4.29. The van der Waals surface area contributed by atoms with E-state index in [-0.39, 0.29) is 11.5 Å². The third-order valence-electron chi connectivity index (χ3n) is 2.77. The lowest BCUT2D eigenvalue weighted by molar-refractivity contribution is 0.0521. The van der Waals surface area contributed by atoms with Gasteiger partial charge in [0.1, 0.15) is 0 Å². The van der Waals surface area contributed by atoms with Gasteiger partial charge in [-0.2, -0.15) is 0 Å². The highest BCUT2D eigenvalue weighted by atomic mass is 79.9. The van der Waals surface area contributed by atoms with Gasteiger partial charge in [-0.25, -0.2) is 9.59 Å². The van der Waals surface area contributed by atoms with Crippen LogP contribution in [0.2, 0.25) is 0 Å². The minimum absolute atomic E-state index is 0.228. The number of esters is 1. The Labute approximate surface area is 140 Å². The fourth-order valence-corrected chi connectivity index (χ4v) is 3.03. The van der Waals surface area contributed by atoms with Gasteiger partial charge in [0.15, 0.2) is 0 Å². The summed E-state index contributed by atoms with van der Waals surface area (Å²) in [5.41, 5.74) is 0.703. The summed E-state index contributed by atoms with van der Waals surface area (Å²) in [5.74, 6) is -1.35. The average Bonchev–Trinajstić information content (AvgIpc) is 2.50. The normalized spacial score (nSPS) is 10.3. The van der Waals surface area contributed by atoms with Crippen molar-refractivity contribution < 1.29 is 19.4 Å². The highest BCUT2D eigenvalue weighted by Crippen LogP contribution is 2.32. The Morgan fingerprint density at radius 1 is 1.18 bits per heavy atom. The molecule has 0 fully saturated rings. The molecule has 0 amide bonds. The van der Waals surface area contributed by atoms with E-state index in [9.17, 15) is 9.59 Å². The van der Waals surface area contributed by atoms with E-state index >= 15 is 0 Å². The average molecular weight is 381 g/mol. The van der Waals surface area contributed by atoms with Gasteiger partial charge in [0.25, 0.3) is 0 Å². The Bertz CT molecular complexity index is 698. The molecule has 0 spiro atoms. The maximum absolute atomic E-state index is 12.0. The monoisotopic (exact) mass is 380 g/mol. The van der Waals surface area contributed by atoms with Crippen LogP contribution in [-0.2, 0) is 4.74 Å². The molecule has 4 nitrogen and oxygen atoms in total. The van der Waals surface area contributed by atoms with Crippen LogP contribution in [0.3, 0.4) is 0 Å². The van der Waals surface area contributed by atoms with Crippen molar-refractivity contribution in [3.63, 3.8) is 0 Å². The van der Waals surface area contributed by atoms with E-state index in [0.717, 1.165) is 14.3 Å². The van der Waals surface area contributed by atoms with Crippen molar-refractivity contribution in [3.8, 4) is 0 Å². The van der Waals surface area contributed by atoms with Gasteiger partial charge in [0, 0.05) is 14.3 Å². The fraction of sp³-hybridized carbons (Fsp3) is 0.125. The SMILES string of the molecule is CCOC(=O)c1cc(Br)ccc1Sc1ccc(C(=O)O)cc1. The molecule has 2 aromatic carbocycles. The van der Waals surface area contributed by atoms with Crippen molar-refractivity contribution in [3.05, 3.63) is 58.1 Å². The minimum atomic E-state index is -0.965. The maximum Gasteiger partial charge on any atom is 0.339 e. The number of ether oxygens (including phenoxy) is 1. The highest BCUT2D eigenvalue weighted by molar-refractivity contribution is 9.10. The van der Waals surface area contributed by atoms with Gasteiger partial charge in [-0.3, -0.25) is 0 Å². The molecule has 0 atom stereocenters. The first-order chi connectivity index (χ1) is 10.5. The van der Waals surface area contributed by atoms with E-state index in [1.807, 2.05) is 12.1 Å². The van der Waals surface area contributed by atoms with E-state index in [0.29, 0.717) is 12.2 Å². The second kappa shape index (κ2) is 7.47. The topological polar surface area (TPSA) is 63.6 Å². The van der Waals surface area contributed by atoms with Crippen LogP contribution in [0.25, 0.3) is 0 Å². The zero-order valence-corrected chi connectivity index (χ0v) is 14.1. The van der Waals surface area contributed by atoms with E-state index in [4.69, 9.17) is 9.84 Å². The largest absolute Gasteiger partial charge is 0.478 e. The van der Waals surface area contributed by atoms with E-state index in [1.165, 1.54) is 23.9 Å². The summed E-state index contributed by atoms with van der Waals surface area (Å²) in [6.45, 7) is 2.07. The molecule has 0 aromatic heterocycles. The Hall–Kier alpha value is -1.79. The number of hydrogen-bond donors (Lipinski definition) is 1. The molecule has 0 unspecified atom stereocenters. The van der Waals surface area contributed by atoms with Gasteiger partial charge in [0.2, 0.25) is 0 Å². The predicted molar refractivity (Wildman–Crippen MR) is 87.6 cm³/mol. The van der Waals surface area contributed by atoms with Crippen LogP contribution in [0.1, 0.15) is 27.6 Å². The van der Waals surface area contributed by atoms with Crippen molar-refractivity contribution in [2.24, 2.45) is 0 Å². The third-order valence-corrected chi connectivity index (χ3v) is 4.34. The summed E-state index contributed by atoms with van der Waals surface area (Å²) < 4.78 is 5.85. The number of benzene rings is 2. The molecule has 2 aromatic rings. The van der Waals surface area contributed by atoms with Gasteiger partial charge in [-0.05, 0) is 49.4 Å². The van der Waals surface area contributed by atoms with Crippen molar-refractivity contribution in [1.29, 1.82) is 0 Å². The fourth-order valence-electron chi connectivity index (χ4n) is 1.75. The standard InChI is InChI=1S/C16H13BrO4S/c1-2-21-16(20)13-9-11(17)5-8-14(13)22-12-6-3-10(4-7-12)15(18)19/h3-9H,2H2,1H3,(H,18,19). The number of carbonyl (C=O) groups excluding carboxylic acids is 1. The van der Waals surface area contributed by atoms with Gasteiger partial charge in [0.05, 0.1) is 17.7 Å². The van der Waals surface area contributed by atoms with Crippen molar-refractivity contribution in [1.82, 2.24) is 0 Å². The zero-order valence-electron chi connectivity index (χ0n) is 11.7. The van der Waals surface area contributed by atoms with Crippen molar-refractivity contribution in [2.75, 3.05) is 6.61 Å². The number of rotatable bonds is 5. The molecule has 0 aliphatic heterocycles. The Kier molecular flexibility index (Phi) is 5.63. The first-order valence-electron chi connectivity index (χ1n) is 6.49. The van der Waals surface area contributed by atoms with Gasteiger partial charge < -0.3 is 9.84 Å². The van der Waals surface area contributed by atoms with E-state index in [1.54, 1.807) is 25.1 Å². The Morgan fingerprint density at radius 2 is 1.86 bits per heavy atom. The Morgan fingerprint density at radius 3 is 2.45 bits per heavy atom. The molecular formula is C16H13BrO4S. The number of halogens is 1. The van der Waals surface area contributed by atoms with Crippen LogP contribution >= 0.6 is 27.7 Å². The number of carbonyl (C=O) groups is 2. The van der Waals surface area contributed by atoms with E-state index in [2.05, 4.69) is 15.9 Å². The first-order valence-corrected chi connectivity index (χ1v) is 8.10. The summed E-state index contributed by atoms with van der Waals surface area (Å²) in [5, 5.41) is 8.90. The molecule has 0 bridgehead atoms. The molecule has 0 aliphatic carbocycles. The van der Waals surface area contributed by atoms with Crippen LogP contribution in [0, 0.1) is 0 Å². The van der Waals surface area contributed by atoms with Crippen LogP contribution in [-0.4, -0.2) is 23.7 Å². The zero-order chi connectivity index (χ0) is 16.1. The molecule has 6 heteroatoms. The summed E-state index contributed by atoms with van der Waals surface area (Å²) >= 11 is 4.73. The molecule has 22 heavy (non-hydrogen) atoms. The van der Waals surface area contributed by atoms with Gasteiger partial charge in [-0.1, -0.05) is 27.7 Å². The smallest absolute Gasteiger partial charge is 0.339 e. The van der Waals surface area contributed by atoms with Crippen LogP contribution in [0.5, 0.6) is 0 Å². The van der Waals surface area contributed by atoms with Crippen LogP contribution < -0.4 is 0 Å². The van der Waals surface area contributed by atoms with Crippen molar-refractivity contribution >= 4 is 39.6 Å². The number of carboxylic acids is 1. The molecule has 0 saturated heterocycles. The maximum atomic E-state index is 12.0. The summed E-state index contributed by atoms with van der Waals surface area (Å²) in [6, 6.07) is 11.9. The molecule has 0 heterocycles. The predicted octanol–water partition coefficient (Wildman–Crippen LogP) is 4.48. The highest BCUT2D eigenvalue weighted by Gasteiger charge is 2.14. The number of aromatic carboxylic acids is 1.